The van der Waals surface area contributed by atoms with Gasteiger partial charge in [-0.1, -0.05) is 11.6 Å². The van der Waals surface area contributed by atoms with Crippen molar-refractivity contribution in [2.24, 2.45) is 0 Å². The van der Waals surface area contributed by atoms with Crippen LogP contribution in [0.4, 0.5) is 0 Å². The Bertz CT molecular complexity index is 212. The highest BCUT2D eigenvalue weighted by Crippen LogP contribution is 2.02. The SMILES string of the molecule is CC(C)=C/C=C\NC=O.CN1CCCC1. The van der Waals surface area contributed by atoms with E-state index in [0.717, 1.165) is 0 Å². The van der Waals surface area contributed by atoms with E-state index in [-0.39, 0.29) is 0 Å². The maximum Gasteiger partial charge on any atom is 0.211 e. The zero-order valence-electron chi connectivity index (χ0n) is 9.99. The van der Waals surface area contributed by atoms with E-state index < -0.39 is 0 Å². The molecule has 1 saturated heterocycles. The number of amides is 1. The maximum absolute atomic E-state index is 9.67. The van der Waals surface area contributed by atoms with Crippen molar-refractivity contribution in [1.82, 2.24) is 10.2 Å². The lowest BCUT2D eigenvalue weighted by atomic mass is 10.3. The van der Waals surface area contributed by atoms with Crippen LogP contribution in [0.2, 0.25) is 0 Å². The lowest BCUT2D eigenvalue weighted by Gasteiger charge is -2.01. The van der Waals surface area contributed by atoms with Crippen molar-refractivity contribution in [1.29, 1.82) is 0 Å². The van der Waals surface area contributed by atoms with Crippen LogP contribution in [0.3, 0.4) is 0 Å². The number of nitrogens with zero attached hydrogens (tertiary/aromatic N) is 1. The van der Waals surface area contributed by atoms with E-state index >= 15 is 0 Å². The molecule has 1 rings (SSSR count). The van der Waals surface area contributed by atoms with E-state index in [4.69, 9.17) is 0 Å². The highest BCUT2D eigenvalue weighted by Gasteiger charge is 2.03. The lowest BCUT2D eigenvalue weighted by molar-refractivity contribution is -0.108. The largest absolute Gasteiger partial charge is 0.335 e. The summed E-state index contributed by atoms with van der Waals surface area (Å²) in [7, 11) is 2.17. The quantitative estimate of drug-likeness (QED) is 0.570. The second kappa shape index (κ2) is 9.46. The summed E-state index contributed by atoms with van der Waals surface area (Å²) < 4.78 is 0. The summed E-state index contributed by atoms with van der Waals surface area (Å²) in [6, 6.07) is 0. The first kappa shape index (κ1) is 13.9. The van der Waals surface area contributed by atoms with E-state index in [2.05, 4.69) is 17.3 Å². The van der Waals surface area contributed by atoms with Crippen LogP contribution in [-0.4, -0.2) is 31.4 Å². The van der Waals surface area contributed by atoms with Crippen LogP contribution >= 0.6 is 0 Å². The molecule has 15 heavy (non-hydrogen) atoms. The molecule has 1 fully saturated rings. The summed E-state index contributed by atoms with van der Waals surface area (Å²) in [5.74, 6) is 0. The van der Waals surface area contributed by atoms with Crippen molar-refractivity contribution in [3.8, 4) is 0 Å². The molecular formula is C12H22N2O. The van der Waals surface area contributed by atoms with Gasteiger partial charge in [-0.05, 0) is 52.9 Å². The first-order valence-corrected chi connectivity index (χ1v) is 5.35. The predicted octanol–water partition coefficient (Wildman–Crippen LogP) is 1.92. The van der Waals surface area contributed by atoms with Gasteiger partial charge in [-0.15, -0.1) is 0 Å². The monoisotopic (exact) mass is 210 g/mol. The number of carbonyl (C=O) groups is 1. The van der Waals surface area contributed by atoms with Crippen LogP contribution in [0, 0.1) is 0 Å². The predicted molar refractivity (Wildman–Crippen MR) is 64.5 cm³/mol. The number of hydrogen-bond donors (Lipinski definition) is 1. The number of carbonyl (C=O) groups excluding carboxylic acids is 1. The molecule has 0 spiro atoms. The minimum absolute atomic E-state index is 0.634. The van der Waals surface area contributed by atoms with Gasteiger partial charge in [0.25, 0.3) is 0 Å². The molecule has 0 radical (unpaired) electrons. The van der Waals surface area contributed by atoms with E-state index in [1.165, 1.54) is 31.5 Å². The fraction of sp³-hybridized carbons (Fsp3) is 0.583. The van der Waals surface area contributed by atoms with Gasteiger partial charge in [0.05, 0.1) is 0 Å². The minimum Gasteiger partial charge on any atom is -0.335 e. The molecule has 0 unspecified atom stereocenters. The fourth-order valence-electron chi connectivity index (χ4n) is 1.21. The molecule has 0 aromatic carbocycles. The Kier molecular flexibility index (Phi) is 8.78. The van der Waals surface area contributed by atoms with E-state index in [1.807, 2.05) is 19.9 Å². The normalized spacial score (nSPS) is 15.7. The molecule has 0 aromatic heterocycles. The molecule has 0 bridgehead atoms. The smallest absolute Gasteiger partial charge is 0.211 e. The summed E-state index contributed by atoms with van der Waals surface area (Å²) in [5.41, 5.74) is 1.21. The number of likely N-dealkylation sites (tertiary alicyclic amines) is 1. The van der Waals surface area contributed by atoms with Gasteiger partial charge in [-0.3, -0.25) is 4.79 Å². The summed E-state index contributed by atoms with van der Waals surface area (Å²) in [6.07, 6.45) is 8.74. The summed E-state index contributed by atoms with van der Waals surface area (Å²) in [6.45, 7) is 6.62. The number of allylic oxidation sites excluding steroid dienone is 3. The van der Waals surface area contributed by atoms with Gasteiger partial charge in [0.15, 0.2) is 0 Å². The van der Waals surface area contributed by atoms with Gasteiger partial charge in [0, 0.05) is 6.20 Å². The molecular weight excluding hydrogens is 188 g/mol. The highest BCUT2D eigenvalue weighted by molar-refractivity contribution is 5.47. The number of nitrogens with one attached hydrogen (secondary N) is 1. The molecule has 86 valence electrons. The molecule has 3 nitrogen and oxygen atoms in total. The van der Waals surface area contributed by atoms with Gasteiger partial charge < -0.3 is 10.2 Å². The third-order valence-electron chi connectivity index (χ3n) is 2.02. The zero-order chi connectivity index (χ0) is 11.5. The van der Waals surface area contributed by atoms with Gasteiger partial charge in [-0.2, -0.15) is 0 Å². The van der Waals surface area contributed by atoms with E-state index in [0.29, 0.717) is 6.41 Å². The molecule has 0 aliphatic carbocycles. The highest BCUT2D eigenvalue weighted by atomic mass is 16.1. The summed E-state index contributed by atoms with van der Waals surface area (Å²) >= 11 is 0. The molecule has 1 N–H and O–H groups in total. The molecule has 3 heteroatoms. The van der Waals surface area contributed by atoms with E-state index in [1.54, 1.807) is 12.3 Å². The average molecular weight is 210 g/mol. The first-order chi connectivity index (χ1) is 7.16. The fourth-order valence-corrected chi connectivity index (χ4v) is 1.21. The molecule has 0 aromatic rings. The van der Waals surface area contributed by atoms with Gasteiger partial charge in [-0.25, -0.2) is 0 Å². The standard InChI is InChI=1S/C7H11NO.C5H11N/c1-7(2)4-3-5-8-6-9;1-6-4-2-3-5-6/h3-6H,1-2H3,(H,8,9);2-5H2,1H3/b5-3-;. The Morgan fingerprint density at radius 3 is 2.20 bits per heavy atom. The van der Waals surface area contributed by atoms with E-state index in [9.17, 15) is 4.79 Å². The summed E-state index contributed by atoms with van der Waals surface area (Å²) in [5, 5.41) is 2.40. The van der Waals surface area contributed by atoms with Crippen molar-refractivity contribution in [3.63, 3.8) is 0 Å². The topological polar surface area (TPSA) is 32.3 Å². The third kappa shape index (κ3) is 10.8. The zero-order valence-corrected chi connectivity index (χ0v) is 9.99. The molecule has 1 amide bonds. The molecule has 1 aliphatic heterocycles. The van der Waals surface area contributed by atoms with Crippen molar-refractivity contribution in [3.05, 3.63) is 23.9 Å². The van der Waals surface area contributed by atoms with Crippen molar-refractivity contribution >= 4 is 6.41 Å². The molecule has 0 saturated carbocycles. The number of hydrogen-bond acceptors (Lipinski definition) is 2. The van der Waals surface area contributed by atoms with Crippen LogP contribution in [0.5, 0.6) is 0 Å². The molecule has 1 heterocycles. The second-order valence-electron chi connectivity index (χ2n) is 3.90. The Morgan fingerprint density at radius 2 is 1.87 bits per heavy atom. The van der Waals surface area contributed by atoms with Gasteiger partial charge >= 0.3 is 0 Å². The Labute approximate surface area is 92.8 Å². The average Bonchev–Trinajstić information content (AvgIpc) is 2.65. The lowest BCUT2D eigenvalue weighted by Crippen LogP contribution is -2.10. The molecule has 0 atom stereocenters. The van der Waals surface area contributed by atoms with Crippen molar-refractivity contribution < 1.29 is 4.79 Å². The van der Waals surface area contributed by atoms with Gasteiger partial charge in [0.2, 0.25) is 6.41 Å². The first-order valence-electron chi connectivity index (χ1n) is 5.35. The van der Waals surface area contributed by atoms with Crippen LogP contribution < -0.4 is 5.32 Å². The Hall–Kier alpha value is -1.09. The Balaban J connectivity index is 0.000000280. The maximum atomic E-state index is 9.67. The third-order valence-corrected chi connectivity index (χ3v) is 2.02. The van der Waals surface area contributed by atoms with Crippen LogP contribution in [-0.2, 0) is 4.79 Å². The van der Waals surface area contributed by atoms with Crippen molar-refractivity contribution in [2.45, 2.75) is 26.7 Å². The Morgan fingerprint density at radius 1 is 1.27 bits per heavy atom. The van der Waals surface area contributed by atoms with Crippen molar-refractivity contribution in [2.75, 3.05) is 20.1 Å². The molecule has 1 aliphatic rings. The van der Waals surface area contributed by atoms with Crippen LogP contribution in [0.25, 0.3) is 0 Å². The summed E-state index contributed by atoms with van der Waals surface area (Å²) in [4.78, 5) is 12.0. The van der Waals surface area contributed by atoms with Gasteiger partial charge in [0.1, 0.15) is 0 Å². The van der Waals surface area contributed by atoms with Crippen LogP contribution in [0.15, 0.2) is 23.9 Å². The van der Waals surface area contributed by atoms with Crippen LogP contribution in [0.1, 0.15) is 26.7 Å². The minimum atomic E-state index is 0.634. The second-order valence-corrected chi connectivity index (χ2v) is 3.90. The number of rotatable bonds is 3.